The van der Waals surface area contributed by atoms with Crippen molar-refractivity contribution in [1.29, 1.82) is 0 Å². The molecular weight excluding hydrogens is 284 g/mol. The van der Waals surface area contributed by atoms with Crippen molar-refractivity contribution in [1.82, 2.24) is 0 Å². The molecule has 2 aliphatic rings. The summed E-state index contributed by atoms with van der Waals surface area (Å²) in [5.41, 5.74) is 7.01. The Bertz CT molecular complexity index is 532. The molecule has 3 rings (SSSR count). The third-order valence-corrected chi connectivity index (χ3v) is 5.49. The second-order valence-corrected chi connectivity index (χ2v) is 6.95. The van der Waals surface area contributed by atoms with Gasteiger partial charge in [-0.3, -0.25) is 4.79 Å². The van der Waals surface area contributed by atoms with E-state index in [2.05, 4.69) is 5.32 Å². The maximum atomic E-state index is 12.5. The zero-order chi connectivity index (χ0) is 14.8. The minimum Gasteiger partial charge on any atom is -0.399 e. The first-order valence-electron chi connectivity index (χ1n) is 7.99. The molecule has 2 fully saturated rings. The van der Waals surface area contributed by atoms with Gasteiger partial charge in [0.2, 0.25) is 5.91 Å². The largest absolute Gasteiger partial charge is 0.399 e. The number of carbonyl (C=O) groups excluding carboxylic acids is 1. The number of hydrogen-bond acceptors (Lipinski definition) is 2. The quantitative estimate of drug-likeness (QED) is 0.792. The number of hydrogen-bond donors (Lipinski definition) is 2. The molecule has 0 radical (unpaired) electrons. The lowest BCUT2D eigenvalue weighted by Crippen LogP contribution is -2.33. The molecule has 1 aromatic rings. The van der Waals surface area contributed by atoms with E-state index in [0.29, 0.717) is 16.4 Å². The summed E-state index contributed by atoms with van der Waals surface area (Å²) >= 11 is 6.12. The molecule has 114 valence electrons. The van der Waals surface area contributed by atoms with E-state index in [4.69, 9.17) is 17.3 Å². The summed E-state index contributed by atoms with van der Waals surface area (Å²) in [5.74, 6) is 1.84. The first-order valence-corrected chi connectivity index (χ1v) is 8.37. The number of carbonyl (C=O) groups is 1. The zero-order valence-corrected chi connectivity index (χ0v) is 13.0. The average molecular weight is 307 g/mol. The summed E-state index contributed by atoms with van der Waals surface area (Å²) < 4.78 is 0. The molecule has 2 saturated carbocycles. The molecule has 1 aromatic carbocycles. The van der Waals surface area contributed by atoms with Gasteiger partial charge in [-0.05, 0) is 49.3 Å². The van der Waals surface area contributed by atoms with Crippen molar-refractivity contribution in [2.45, 2.75) is 44.9 Å². The van der Waals surface area contributed by atoms with Crippen LogP contribution in [0, 0.1) is 17.8 Å². The first kappa shape index (κ1) is 14.7. The Morgan fingerprint density at radius 2 is 1.90 bits per heavy atom. The fourth-order valence-corrected chi connectivity index (χ4v) is 4.15. The summed E-state index contributed by atoms with van der Waals surface area (Å²) in [5, 5.41) is 3.51. The molecule has 21 heavy (non-hydrogen) atoms. The fraction of sp³-hybridized carbons (Fsp3) is 0.588. The first-order chi connectivity index (χ1) is 10.1. The second-order valence-electron chi connectivity index (χ2n) is 6.54. The van der Waals surface area contributed by atoms with Crippen molar-refractivity contribution in [2.24, 2.45) is 17.8 Å². The molecule has 2 aliphatic carbocycles. The van der Waals surface area contributed by atoms with Crippen LogP contribution in [0.3, 0.4) is 0 Å². The Labute approximate surface area is 131 Å². The maximum Gasteiger partial charge on any atom is 0.227 e. The number of anilines is 2. The summed E-state index contributed by atoms with van der Waals surface area (Å²) in [6.07, 6.45) is 8.61. The molecule has 4 heteroatoms. The molecule has 3 nitrogen and oxygen atoms in total. The van der Waals surface area contributed by atoms with Crippen molar-refractivity contribution in [3.05, 3.63) is 23.2 Å². The Hall–Kier alpha value is -1.22. The van der Waals surface area contributed by atoms with Crippen molar-refractivity contribution in [3.8, 4) is 0 Å². The smallest absolute Gasteiger partial charge is 0.227 e. The van der Waals surface area contributed by atoms with Gasteiger partial charge in [-0.2, -0.15) is 0 Å². The maximum absolute atomic E-state index is 12.5. The van der Waals surface area contributed by atoms with Crippen molar-refractivity contribution in [3.63, 3.8) is 0 Å². The van der Waals surface area contributed by atoms with Crippen LogP contribution in [-0.2, 0) is 4.79 Å². The minimum absolute atomic E-state index is 0.103. The van der Waals surface area contributed by atoms with Crippen LogP contribution in [0.1, 0.15) is 44.9 Å². The van der Waals surface area contributed by atoms with Gasteiger partial charge in [-0.1, -0.05) is 37.3 Å². The predicted octanol–water partition coefficient (Wildman–Crippen LogP) is 4.47. The van der Waals surface area contributed by atoms with E-state index in [1.807, 2.05) is 0 Å². The third-order valence-electron chi connectivity index (χ3n) is 5.16. The van der Waals surface area contributed by atoms with E-state index in [1.54, 1.807) is 18.2 Å². The van der Waals surface area contributed by atoms with Gasteiger partial charge in [0.15, 0.2) is 0 Å². The molecule has 0 saturated heterocycles. The summed E-state index contributed by atoms with van der Waals surface area (Å²) in [7, 11) is 0. The van der Waals surface area contributed by atoms with Gasteiger partial charge in [-0.25, -0.2) is 0 Å². The number of nitrogen functional groups attached to an aromatic ring is 1. The van der Waals surface area contributed by atoms with E-state index in [1.165, 1.54) is 32.1 Å². The molecule has 3 N–H and O–H groups in total. The van der Waals surface area contributed by atoms with E-state index in [9.17, 15) is 4.79 Å². The van der Waals surface area contributed by atoms with Crippen LogP contribution in [0.5, 0.6) is 0 Å². The lowest BCUT2D eigenvalue weighted by Gasteiger charge is -2.38. The Morgan fingerprint density at radius 3 is 2.71 bits per heavy atom. The molecule has 0 bridgehead atoms. The van der Waals surface area contributed by atoms with Gasteiger partial charge >= 0.3 is 0 Å². The number of amides is 1. The molecule has 1 amide bonds. The van der Waals surface area contributed by atoms with E-state index < -0.39 is 0 Å². The molecule has 0 heterocycles. The summed E-state index contributed by atoms with van der Waals surface area (Å²) in [4.78, 5) is 12.5. The molecule has 3 atom stereocenters. The highest BCUT2D eigenvalue weighted by Crippen LogP contribution is 2.43. The Balaban J connectivity index is 1.64. The second kappa shape index (κ2) is 6.27. The number of rotatable bonds is 2. The van der Waals surface area contributed by atoms with Crippen LogP contribution in [-0.4, -0.2) is 5.91 Å². The lowest BCUT2D eigenvalue weighted by atomic mass is 9.67. The number of benzene rings is 1. The summed E-state index contributed by atoms with van der Waals surface area (Å²) in [6.45, 7) is 0. The van der Waals surface area contributed by atoms with Crippen LogP contribution in [0.4, 0.5) is 11.4 Å². The van der Waals surface area contributed by atoms with E-state index >= 15 is 0 Å². The highest BCUT2D eigenvalue weighted by molar-refractivity contribution is 6.33. The van der Waals surface area contributed by atoms with Gasteiger partial charge in [-0.15, -0.1) is 0 Å². The van der Waals surface area contributed by atoms with Crippen molar-refractivity contribution in [2.75, 3.05) is 11.1 Å². The normalized spacial score (nSPS) is 28.7. The third kappa shape index (κ3) is 3.34. The Kier molecular flexibility index (Phi) is 4.39. The van der Waals surface area contributed by atoms with Gasteiger partial charge in [0.25, 0.3) is 0 Å². The Morgan fingerprint density at radius 1 is 1.14 bits per heavy atom. The predicted molar refractivity (Wildman–Crippen MR) is 87.3 cm³/mol. The van der Waals surface area contributed by atoms with E-state index in [-0.39, 0.29) is 11.8 Å². The topological polar surface area (TPSA) is 55.1 Å². The fourth-order valence-electron chi connectivity index (χ4n) is 3.98. The minimum atomic E-state index is 0.103. The van der Waals surface area contributed by atoms with Crippen LogP contribution in [0.25, 0.3) is 0 Å². The summed E-state index contributed by atoms with van der Waals surface area (Å²) in [6, 6.07) is 5.20. The van der Waals surface area contributed by atoms with Gasteiger partial charge in [0.1, 0.15) is 0 Å². The number of nitrogens with two attached hydrogens (primary N) is 1. The molecule has 0 aliphatic heterocycles. The van der Waals surface area contributed by atoms with Crippen LogP contribution in [0.2, 0.25) is 5.02 Å². The van der Waals surface area contributed by atoms with Gasteiger partial charge < -0.3 is 11.1 Å². The average Bonchev–Trinajstić information content (AvgIpc) is 2.50. The zero-order valence-electron chi connectivity index (χ0n) is 12.3. The van der Waals surface area contributed by atoms with Crippen molar-refractivity contribution >= 4 is 28.9 Å². The number of nitrogens with one attached hydrogen (secondary N) is 1. The molecule has 3 unspecified atom stereocenters. The molecule has 0 spiro atoms. The van der Waals surface area contributed by atoms with Crippen LogP contribution in [0.15, 0.2) is 18.2 Å². The standard InChI is InChI=1S/C17H23ClN2O/c18-15-8-7-14(19)10-16(15)20-17(21)13-6-5-11-3-1-2-4-12(11)9-13/h7-8,10-13H,1-6,9,19H2,(H,20,21). The van der Waals surface area contributed by atoms with Crippen LogP contribution >= 0.6 is 11.6 Å². The molecular formula is C17H23ClN2O. The monoisotopic (exact) mass is 306 g/mol. The van der Waals surface area contributed by atoms with Crippen molar-refractivity contribution < 1.29 is 4.79 Å². The van der Waals surface area contributed by atoms with E-state index in [0.717, 1.165) is 24.7 Å². The van der Waals surface area contributed by atoms with Gasteiger partial charge in [0.05, 0.1) is 10.7 Å². The molecule has 0 aromatic heterocycles. The lowest BCUT2D eigenvalue weighted by molar-refractivity contribution is -0.122. The highest BCUT2D eigenvalue weighted by atomic mass is 35.5. The van der Waals surface area contributed by atoms with Gasteiger partial charge in [0, 0.05) is 11.6 Å². The van der Waals surface area contributed by atoms with Crippen LogP contribution < -0.4 is 11.1 Å². The number of halogens is 1. The SMILES string of the molecule is Nc1ccc(Cl)c(NC(=O)C2CCC3CCCCC3C2)c1. The highest BCUT2D eigenvalue weighted by Gasteiger charge is 2.35. The number of fused-ring (bicyclic) bond motifs is 1.